The van der Waals surface area contributed by atoms with Gasteiger partial charge < -0.3 is 10.5 Å². The standard InChI is InChI=1S/C13H13BrFNOS/c1-8(16)13(12-3-2-4-18-12)17-11-6-9(14)5-10(15)7-11/h2-8,13H,16H2,1H3. The number of ether oxygens (including phenoxy) is 1. The first-order valence-electron chi connectivity index (χ1n) is 5.48. The molecule has 0 amide bonds. The minimum Gasteiger partial charge on any atom is -0.483 e. The van der Waals surface area contributed by atoms with Gasteiger partial charge in [-0.15, -0.1) is 11.3 Å². The minimum atomic E-state index is -0.339. The molecule has 96 valence electrons. The molecule has 0 fully saturated rings. The van der Waals surface area contributed by atoms with Crippen LogP contribution in [0.1, 0.15) is 17.9 Å². The van der Waals surface area contributed by atoms with E-state index in [1.54, 1.807) is 17.4 Å². The third-order valence-electron chi connectivity index (χ3n) is 2.40. The molecule has 18 heavy (non-hydrogen) atoms. The van der Waals surface area contributed by atoms with E-state index in [1.165, 1.54) is 12.1 Å². The van der Waals surface area contributed by atoms with E-state index in [9.17, 15) is 4.39 Å². The molecule has 2 N–H and O–H groups in total. The molecule has 2 atom stereocenters. The first-order valence-corrected chi connectivity index (χ1v) is 7.15. The summed E-state index contributed by atoms with van der Waals surface area (Å²) in [5.41, 5.74) is 5.93. The van der Waals surface area contributed by atoms with Crippen LogP contribution < -0.4 is 10.5 Å². The Labute approximate surface area is 118 Å². The molecular weight excluding hydrogens is 317 g/mol. The van der Waals surface area contributed by atoms with Crippen LogP contribution in [0, 0.1) is 5.82 Å². The van der Waals surface area contributed by atoms with Crippen LogP contribution in [0.15, 0.2) is 40.2 Å². The summed E-state index contributed by atoms with van der Waals surface area (Å²) in [6, 6.07) is 8.21. The number of halogens is 2. The Morgan fingerprint density at radius 2 is 2.17 bits per heavy atom. The Kier molecular flexibility index (Phi) is 4.37. The van der Waals surface area contributed by atoms with Gasteiger partial charge in [0.1, 0.15) is 17.7 Å². The third-order valence-corrected chi connectivity index (χ3v) is 3.79. The predicted molar refractivity (Wildman–Crippen MR) is 75.4 cm³/mol. The summed E-state index contributed by atoms with van der Waals surface area (Å²) < 4.78 is 19.7. The molecule has 0 spiro atoms. The molecule has 0 aliphatic heterocycles. The van der Waals surface area contributed by atoms with Crippen molar-refractivity contribution in [2.75, 3.05) is 0 Å². The van der Waals surface area contributed by atoms with Crippen LogP contribution >= 0.6 is 27.3 Å². The molecule has 0 bridgehead atoms. The second kappa shape index (κ2) is 5.82. The Bertz CT molecular complexity index is 495. The fourth-order valence-corrected chi connectivity index (χ4v) is 2.93. The SMILES string of the molecule is CC(N)C(Oc1cc(F)cc(Br)c1)c1cccs1. The highest BCUT2D eigenvalue weighted by atomic mass is 79.9. The molecule has 2 nitrogen and oxygen atoms in total. The van der Waals surface area contributed by atoms with Crippen molar-refractivity contribution in [3.05, 3.63) is 50.9 Å². The fraction of sp³-hybridized carbons (Fsp3) is 0.231. The third kappa shape index (κ3) is 3.31. The molecule has 1 aromatic heterocycles. The predicted octanol–water partition coefficient (Wildman–Crippen LogP) is 4.12. The topological polar surface area (TPSA) is 35.2 Å². The largest absolute Gasteiger partial charge is 0.483 e. The van der Waals surface area contributed by atoms with E-state index in [0.717, 1.165) is 4.88 Å². The number of nitrogens with two attached hydrogens (primary N) is 1. The molecule has 0 saturated heterocycles. The van der Waals surface area contributed by atoms with Crippen molar-refractivity contribution in [1.82, 2.24) is 0 Å². The van der Waals surface area contributed by atoms with Crippen LogP contribution in [0.25, 0.3) is 0 Å². The Morgan fingerprint density at radius 1 is 1.39 bits per heavy atom. The lowest BCUT2D eigenvalue weighted by atomic mass is 10.1. The lowest BCUT2D eigenvalue weighted by Crippen LogP contribution is -2.28. The lowest BCUT2D eigenvalue weighted by molar-refractivity contribution is 0.183. The van der Waals surface area contributed by atoms with Crippen LogP contribution in [-0.2, 0) is 0 Å². The van der Waals surface area contributed by atoms with Gasteiger partial charge in [-0.3, -0.25) is 0 Å². The molecular formula is C13H13BrFNOS. The van der Waals surface area contributed by atoms with Crippen LogP contribution in [0.2, 0.25) is 0 Å². The summed E-state index contributed by atoms with van der Waals surface area (Å²) in [6.45, 7) is 1.87. The van der Waals surface area contributed by atoms with Gasteiger partial charge in [0.15, 0.2) is 0 Å². The monoisotopic (exact) mass is 329 g/mol. The first-order chi connectivity index (χ1) is 8.56. The first kappa shape index (κ1) is 13.5. The highest BCUT2D eigenvalue weighted by molar-refractivity contribution is 9.10. The number of hydrogen-bond acceptors (Lipinski definition) is 3. The van der Waals surface area contributed by atoms with E-state index >= 15 is 0 Å². The Hall–Kier alpha value is -0.910. The summed E-state index contributed by atoms with van der Waals surface area (Å²) in [7, 11) is 0. The average molecular weight is 330 g/mol. The summed E-state index contributed by atoms with van der Waals surface area (Å²) in [6.07, 6.45) is -0.265. The van der Waals surface area contributed by atoms with Crippen molar-refractivity contribution in [1.29, 1.82) is 0 Å². The maximum Gasteiger partial charge on any atom is 0.148 e. The van der Waals surface area contributed by atoms with Gasteiger partial charge in [0, 0.05) is 21.5 Å². The maximum absolute atomic E-state index is 13.3. The van der Waals surface area contributed by atoms with Crippen LogP contribution in [0.3, 0.4) is 0 Å². The number of thiophene rings is 1. The molecule has 2 unspecified atom stereocenters. The smallest absolute Gasteiger partial charge is 0.148 e. The van der Waals surface area contributed by atoms with E-state index in [-0.39, 0.29) is 18.0 Å². The van der Waals surface area contributed by atoms with Crippen molar-refractivity contribution in [2.45, 2.75) is 19.1 Å². The van der Waals surface area contributed by atoms with Crippen molar-refractivity contribution in [3.8, 4) is 5.75 Å². The van der Waals surface area contributed by atoms with Gasteiger partial charge in [0.2, 0.25) is 0 Å². The van der Waals surface area contributed by atoms with Crippen molar-refractivity contribution < 1.29 is 9.13 Å². The number of benzene rings is 1. The van der Waals surface area contributed by atoms with E-state index in [2.05, 4.69) is 15.9 Å². The zero-order valence-electron chi connectivity index (χ0n) is 9.77. The van der Waals surface area contributed by atoms with Crippen molar-refractivity contribution >= 4 is 27.3 Å². The molecule has 0 aliphatic rings. The van der Waals surface area contributed by atoms with Gasteiger partial charge >= 0.3 is 0 Å². The molecule has 1 aromatic carbocycles. The minimum absolute atomic E-state index is 0.175. The quantitative estimate of drug-likeness (QED) is 0.915. The summed E-state index contributed by atoms with van der Waals surface area (Å²) in [5.74, 6) is 0.131. The highest BCUT2D eigenvalue weighted by Crippen LogP contribution is 2.29. The van der Waals surface area contributed by atoms with Crippen molar-refractivity contribution in [2.24, 2.45) is 5.73 Å². The Balaban J connectivity index is 2.24. The van der Waals surface area contributed by atoms with Gasteiger partial charge in [-0.1, -0.05) is 22.0 Å². The summed E-state index contributed by atoms with van der Waals surface area (Å²) in [5, 5.41) is 1.97. The summed E-state index contributed by atoms with van der Waals surface area (Å²) in [4.78, 5) is 1.03. The normalized spacial score (nSPS) is 14.2. The molecule has 0 saturated carbocycles. The number of rotatable bonds is 4. The van der Waals surface area contributed by atoms with Crippen molar-refractivity contribution in [3.63, 3.8) is 0 Å². The van der Waals surface area contributed by atoms with E-state index < -0.39 is 0 Å². The molecule has 0 aliphatic carbocycles. The maximum atomic E-state index is 13.3. The fourth-order valence-electron chi connectivity index (χ4n) is 1.62. The second-order valence-electron chi connectivity index (χ2n) is 4.02. The highest BCUT2D eigenvalue weighted by Gasteiger charge is 2.19. The molecule has 2 aromatic rings. The van der Waals surface area contributed by atoms with Crippen LogP contribution in [-0.4, -0.2) is 6.04 Å². The van der Waals surface area contributed by atoms with Gasteiger partial charge in [-0.05, 0) is 30.5 Å². The lowest BCUT2D eigenvalue weighted by Gasteiger charge is -2.21. The molecule has 2 rings (SSSR count). The Morgan fingerprint density at radius 3 is 2.72 bits per heavy atom. The van der Waals surface area contributed by atoms with E-state index in [4.69, 9.17) is 10.5 Å². The van der Waals surface area contributed by atoms with Gasteiger partial charge in [0.25, 0.3) is 0 Å². The molecule has 1 heterocycles. The van der Waals surface area contributed by atoms with Gasteiger partial charge in [0.05, 0.1) is 0 Å². The number of hydrogen-bond donors (Lipinski definition) is 1. The van der Waals surface area contributed by atoms with E-state index in [1.807, 2.05) is 24.4 Å². The zero-order chi connectivity index (χ0) is 13.1. The van der Waals surface area contributed by atoms with Crippen LogP contribution in [0.4, 0.5) is 4.39 Å². The molecule has 5 heteroatoms. The van der Waals surface area contributed by atoms with Gasteiger partial charge in [-0.25, -0.2) is 4.39 Å². The summed E-state index contributed by atoms with van der Waals surface area (Å²) >= 11 is 4.82. The van der Waals surface area contributed by atoms with Gasteiger partial charge in [-0.2, -0.15) is 0 Å². The molecule has 0 radical (unpaired) electrons. The average Bonchev–Trinajstić information content (AvgIpc) is 2.77. The van der Waals surface area contributed by atoms with E-state index in [0.29, 0.717) is 10.2 Å². The van der Waals surface area contributed by atoms with Crippen LogP contribution in [0.5, 0.6) is 5.75 Å². The zero-order valence-corrected chi connectivity index (χ0v) is 12.2. The second-order valence-corrected chi connectivity index (χ2v) is 5.91.